The zero-order valence-electron chi connectivity index (χ0n) is 11.5. The van der Waals surface area contributed by atoms with Gasteiger partial charge in [-0.15, -0.1) is 0 Å². The number of hydrogen-bond donors (Lipinski definition) is 2. The molecule has 1 aliphatic rings. The molecule has 104 valence electrons. The molecule has 3 rings (SSSR count). The van der Waals surface area contributed by atoms with E-state index in [4.69, 9.17) is 4.74 Å². The number of carbonyl (C=O) groups is 1. The van der Waals surface area contributed by atoms with E-state index in [9.17, 15) is 4.79 Å². The molecule has 2 N–H and O–H groups in total. The highest BCUT2D eigenvalue weighted by atomic mass is 16.5. The Labute approximate surface area is 117 Å². The van der Waals surface area contributed by atoms with E-state index < -0.39 is 6.10 Å². The molecule has 1 aliphatic heterocycles. The Hall–Kier alpha value is -2.43. The average molecular weight is 271 g/mol. The first-order valence-corrected chi connectivity index (χ1v) is 6.60. The number of benzene rings is 1. The Balaban J connectivity index is 1.74. The van der Waals surface area contributed by atoms with E-state index in [2.05, 4.69) is 10.7 Å². The number of nitrogens with one attached hydrogen (secondary N) is 2. The van der Waals surface area contributed by atoms with Gasteiger partial charge >= 0.3 is 0 Å². The molecule has 5 nitrogen and oxygen atoms in total. The lowest BCUT2D eigenvalue weighted by Gasteiger charge is -2.27. The summed E-state index contributed by atoms with van der Waals surface area (Å²) in [5, 5.41) is 3.21. The van der Waals surface area contributed by atoms with Crippen molar-refractivity contribution in [2.45, 2.75) is 20.0 Å². The van der Waals surface area contributed by atoms with Crippen LogP contribution in [0.5, 0.6) is 5.75 Å². The van der Waals surface area contributed by atoms with Gasteiger partial charge in [0, 0.05) is 11.4 Å². The van der Waals surface area contributed by atoms with E-state index in [1.165, 1.54) is 0 Å². The average Bonchev–Trinajstić information content (AvgIpc) is 2.78. The zero-order valence-corrected chi connectivity index (χ0v) is 11.5. The van der Waals surface area contributed by atoms with Crippen LogP contribution in [0.1, 0.15) is 11.4 Å². The second-order valence-electron chi connectivity index (χ2n) is 4.91. The molecular formula is C15H17N3O2. The van der Waals surface area contributed by atoms with Gasteiger partial charge in [-0.1, -0.05) is 12.1 Å². The first-order chi connectivity index (χ1) is 9.65. The normalized spacial score (nSPS) is 16.8. The topological polar surface area (TPSA) is 55.3 Å². The van der Waals surface area contributed by atoms with Crippen LogP contribution in [0.4, 0.5) is 5.69 Å². The van der Waals surface area contributed by atoms with Crippen molar-refractivity contribution in [1.29, 1.82) is 0 Å². The predicted molar refractivity (Wildman–Crippen MR) is 77.6 cm³/mol. The fourth-order valence-electron chi connectivity index (χ4n) is 2.29. The maximum atomic E-state index is 12.3. The SMILES string of the molecule is Cc1ccc(C)n1NC(=O)C1CNc2ccccc2O1. The first-order valence-electron chi connectivity index (χ1n) is 6.60. The summed E-state index contributed by atoms with van der Waals surface area (Å²) in [6.45, 7) is 4.35. The van der Waals surface area contributed by atoms with Crippen molar-refractivity contribution < 1.29 is 9.53 Å². The van der Waals surface area contributed by atoms with Crippen molar-refractivity contribution >= 4 is 11.6 Å². The number of aryl methyl sites for hydroxylation is 2. The summed E-state index contributed by atoms with van der Waals surface area (Å²) in [5.74, 6) is 0.550. The molecule has 1 amide bonds. The number of amides is 1. The van der Waals surface area contributed by atoms with Gasteiger partial charge in [0.15, 0.2) is 6.10 Å². The van der Waals surface area contributed by atoms with E-state index in [-0.39, 0.29) is 5.91 Å². The third-order valence-corrected chi connectivity index (χ3v) is 3.42. The molecule has 1 atom stereocenters. The number of aromatic nitrogens is 1. The number of fused-ring (bicyclic) bond motifs is 1. The monoisotopic (exact) mass is 271 g/mol. The van der Waals surface area contributed by atoms with Crippen LogP contribution >= 0.6 is 0 Å². The van der Waals surface area contributed by atoms with Gasteiger partial charge in [0.2, 0.25) is 0 Å². The summed E-state index contributed by atoms with van der Waals surface area (Å²) < 4.78 is 7.50. The number of carbonyl (C=O) groups excluding carboxylic acids is 1. The molecule has 1 aromatic heterocycles. The fraction of sp³-hybridized carbons (Fsp3) is 0.267. The number of nitrogens with zero attached hydrogens (tertiary/aromatic N) is 1. The number of rotatable bonds is 2. The molecule has 1 aromatic carbocycles. The van der Waals surface area contributed by atoms with Crippen LogP contribution in [0.3, 0.4) is 0 Å². The highest BCUT2D eigenvalue weighted by molar-refractivity contribution is 5.89. The molecule has 0 bridgehead atoms. The minimum atomic E-state index is -0.536. The van der Waals surface area contributed by atoms with Gasteiger partial charge in [-0.3, -0.25) is 14.9 Å². The number of para-hydroxylation sites is 2. The molecule has 0 radical (unpaired) electrons. The molecule has 2 aromatic rings. The molecule has 0 aliphatic carbocycles. The first kappa shape index (κ1) is 12.6. The second-order valence-corrected chi connectivity index (χ2v) is 4.91. The molecule has 0 spiro atoms. The predicted octanol–water partition coefficient (Wildman–Crippen LogP) is 2.05. The van der Waals surface area contributed by atoms with E-state index in [0.717, 1.165) is 17.1 Å². The van der Waals surface area contributed by atoms with Crippen molar-refractivity contribution in [3.8, 4) is 5.75 Å². The van der Waals surface area contributed by atoms with Gasteiger partial charge in [0.1, 0.15) is 5.75 Å². The van der Waals surface area contributed by atoms with Gasteiger partial charge in [-0.25, -0.2) is 0 Å². The fourth-order valence-corrected chi connectivity index (χ4v) is 2.29. The molecule has 5 heteroatoms. The van der Waals surface area contributed by atoms with Gasteiger partial charge in [-0.05, 0) is 38.1 Å². The second kappa shape index (κ2) is 4.92. The molecule has 2 heterocycles. The van der Waals surface area contributed by atoms with Gasteiger partial charge in [0.25, 0.3) is 5.91 Å². The Bertz CT molecular complexity index is 629. The third-order valence-electron chi connectivity index (χ3n) is 3.42. The lowest BCUT2D eigenvalue weighted by Crippen LogP contribution is -2.44. The van der Waals surface area contributed by atoms with E-state index in [0.29, 0.717) is 12.3 Å². The summed E-state index contributed by atoms with van der Waals surface area (Å²) in [4.78, 5) is 12.3. The van der Waals surface area contributed by atoms with Crippen LogP contribution in [0.25, 0.3) is 0 Å². The Morgan fingerprint density at radius 1 is 1.25 bits per heavy atom. The maximum absolute atomic E-state index is 12.3. The summed E-state index contributed by atoms with van der Waals surface area (Å²) in [6, 6.07) is 11.5. The van der Waals surface area contributed by atoms with Gasteiger partial charge in [-0.2, -0.15) is 0 Å². The van der Waals surface area contributed by atoms with Crippen LogP contribution in [-0.2, 0) is 4.79 Å². The lowest BCUT2D eigenvalue weighted by molar-refractivity contribution is -0.123. The largest absolute Gasteiger partial charge is 0.476 e. The van der Waals surface area contributed by atoms with Gasteiger partial charge in [0.05, 0.1) is 12.2 Å². The van der Waals surface area contributed by atoms with Crippen molar-refractivity contribution in [2.75, 3.05) is 17.3 Å². The number of hydrogen-bond acceptors (Lipinski definition) is 3. The lowest BCUT2D eigenvalue weighted by atomic mass is 10.2. The molecule has 0 saturated heterocycles. The molecule has 0 fully saturated rings. The van der Waals surface area contributed by atoms with Crippen molar-refractivity contribution in [2.24, 2.45) is 0 Å². The summed E-state index contributed by atoms with van der Waals surface area (Å²) in [5.41, 5.74) is 5.77. The molecule has 1 unspecified atom stereocenters. The van der Waals surface area contributed by atoms with Crippen LogP contribution in [0.15, 0.2) is 36.4 Å². The quantitative estimate of drug-likeness (QED) is 0.879. The smallest absolute Gasteiger partial charge is 0.281 e. The van der Waals surface area contributed by atoms with Crippen molar-refractivity contribution in [3.63, 3.8) is 0 Å². The minimum Gasteiger partial charge on any atom is -0.476 e. The zero-order chi connectivity index (χ0) is 14.1. The van der Waals surface area contributed by atoms with E-state index in [1.807, 2.05) is 50.2 Å². The van der Waals surface area contributed by atoms with E-state index in [1.54, 1.807) is 4.68 Å². The number of anilines is 1. The highest BCUT2D eigenvalue weighted by Gasteiger charge is 2.26. The molecule has 0 saturated carbocycles. The minimum absolute atomic E-state index is 0.158. The highest BCUT2D eigenvalue weighted by Crippen LogP contribution is 2.28. The Morgan fingerprint density at radius 2 is 1.95 bits per heavy atom. The summed E-state index contributed by atoms with van der Waals surface area (Å²) in [7, 11) is 0. The van der Waals surface area contributed by atoms with Crippen LogP contribution < -0.4 is 15.5 Å². The van der Waals surface area contributed by atoms with E-state index >= 15 is 0 Å². The van der Waals surface area contributed by atoms with Crippen LogP contribution in [-0.4, -0.2) is 23.2 Å². The van der Waals surface area contributed by atoms with Crippen molar-refractivity contribution in [3.05, 3.63) is 47.8 Å². The van der Waals surface area contributed by atoms with Gasteiger partial charge < -0.3 is 10.1 Å². The van der Waals surface area contributed by atoms with Crippen LogP contribution in [0, 0.1) is 13.8 Å². The molecular weight excluding hydrogens is 254 g/mol. The third kappa shape index (κ3) is 2.22. The summed E-state index contributed by atoms with van der Waals surface area (Å²) in [6.07, 6.45) is -0.536. The summed E-state index contributed by atoms with van der Waals surface area (Å²) >= 11 is 0. The van der Waals surface area contributed by atoms with Crippen molar-refractivity contribution in [1.82, 2.24) is 4.68 Å². The number of ether oxygens (including phenoxy) is 1. The Morgan fingerprint density at radius 3 is 2.70 bits per heavy atom. The maximum Gasteiger partial charge on any atom is 0.281 e. The Kier molecular flexibility index (Phi) is 3.10. The standard InChI is InChI=1S/C15H17N3O2/c1-10-7-8-11(2)18(10)17-15(19)14-9-16-12-5-3-4-6-13(12)20-14/h3-8,14,16H,9H2,1-2H3,(H,17,19). The molecule has 20 heavy (non-hydrogen) atoms. The van der Waals surface area contributed by atoms with Crippen LogP contribution in [0.2, 0.25) is 0 Å².